The average molecular weight is 149 g/mol. The van der Waals surface area contributed by atoms with E-state index in [9.17, 15) is 0 Å². The van der Waals surface area contributed by atoms with Gasteiger partial charge in [-0.3, -0.25) is 5.41 Å². The van der Waals surface area contributed by atoms with E-state index in [1.165, 1.54) is 0 Å². The van der Waals surface area contributed by atoms with Crippen molar-refractivity contribution in [2.45, 2.75) is 13.8 Å². The largest absolute Gasteiger partial charge is 0.446 e. The van der Waals surface area contributed by atoms with Gasteiger partial charge in [0.15, 0.2) is 6.40 Å². The number of hydrogen-bond donors (Lipinski definition) is 1. The zero-order valence-corrected chi connectivity index (χ0v) is 6.72. The molecule has 1 aromatic carbocycles. The predicted octanol–water partition coefficient (Wildman–Crippen LogP) is 2.29. The lowest BCUT2D eigenvalue weighted by Gasteiger charge is -2.01. The van der Waals surface area contributed by atoms with Crippen molar-refractivity contribution in [3.63, 3.8) is 0 Å². The molecule has 1 aromatic rings. The Bertz CT molecular complexity index is 248. The minimum absolute atomic E-state index is 0.734. The maximum atomic E-state index is 6.73. The Morgan fingerprint density at radius 3 is 2.18 bits per heavy atom. The van der Waals surface area contributed by atoms with Gasteiger partial charge in [-0.25, -0.2) is 0 Å². The summed E-state index contributed by atoms with van der Waals surface area (Å²) in [4.78, 5) is 0. The van der Waals surface area contributed by atoms with Crippen molar-refractivity contribution < 1.29 is 4.74 Å². The molecule has 0 unspecified atom stereocenters. The van der Waals surface area contributed by atoms with Crippen LogP contribution >= 0.6 is 0 Å². The Hall–Kier alpha value is -1.31. The van der Waals surface area contributed by atoms with E-state index in [4.69, 9.17) is 10.1 Å². The molecule has 0 radical (unpaired) electrons. The second-order valence-electron chi connectivity index (χ2n) is 2.56. The van der Waals surface area contributed by atoms with Crippen LogP contribution in [0.15, 0.2) is 18.2 Å². The summed E-state index contributed by atoms with van der Waals surface area (Å²) < 4.78 is 4.91. The van der Waals surface area contributed by atoms with E-state index in [1.807, 2.05) is 26.0 Å². The van der Waals surface area contributed by atoms with Crippen LogP contribution in [0.1, 0.15) is 11.1 Å². The Labute approximate surface area is 66.3 Å². The van der Waals surface area contributed by atoms with Crippen LogP contribution in [-0.2, 0) is 0 Å². The summed E-state index contributed by atoms with van der Waals surface area (Å²) in [5.74, 6) is 0.734. The smallest absolute Gasteiger partial charge is 0.173 e. The molecule has 0 saturated carbocycles. The summed E-state index contributed by atoms with van der Waals surface area (Å²) in [5, 5.41) is 6.73. The standard InChI is InChI=1S/C9H11NO/c1-7-3-8(2)5-9(4-7)11-6-10/h3-6,10H,1-2H3. The highest BCUT2D eigenvalue weighted by Gasteiger charge is 1.93. The highest BCUT2D eigenvalue weighted by atomic mass is 16.5. The van der Waals surface area contributed by atoms with Crippen LogP contribution in [0.25, 0.3) is 0 Å². The van der Waals surface area contributed by atoms with E-state index in [0.29, 0.717) is 0 Å². The summed E-state index contributed by atoms with van der Waals surface area (Å²) in [5.41, 5.74) is 2.31. The molecule has 11 heavy (non-hydrogen) atoms. The van der Waals surface area contributed by atoms with Crippen molar-refractivity contribution in [2.24, 2.45) is 0 Å². The van der Waals surface area contributed by atoms with Crippen LogP contribution in [-0.4, -0.2) is 6.40 Å². The SMILES string of the molecule is Cc1cc(C)cc(OC=N)c1. The molecule has 0 aliphatic carbocycles. The number of rotatable bonds is 2. The lowest BCUT2D eigenvalue weighted by Crippen LogP contribution is -1.88. The van der Waals surface area contributed by atoms with Gasteiger partial charge >= 0.3 is 0 Å². The maximum Gasteiger partial charge on any atom is 0.173 e. The van der Waals surface area contributed by atoms with Gasteiger partial charge in [-0.1, -0.05) is 6.07 Å². The van der Waals surface area contributed by atoms with Gasteiger partial charge in [-0.05, 0) is 37.1 Å². The molecule has 2 nitrogen and oxygen atoms in total. The second-order valence-corrected chi connectivity index (χ2v) is 2.56. The van der Waals surface area contributed by atoms with Gasteiger partial charge < -0.3 is 4.74 Å². The topological polar surface area (TPSA) is 33.1 Å². The van der Waals surface area contributed by atoms with Crippen molar-refractivity contribution in [1.82, 2.24) is 0 Å². The molecule has 0 aliphatic rings. The molecule has 1 rings (SSSR count). The fourth-order valence-corrected chi connectivity index (χ4v) is 1.07. The molecule has 0 spiro atoms. The normalized spacial score (nSPS) is 9.27. The highest BCUT2D eigenvalue weighted by molar-refractivity contribution is 5.49. The Kier molecular flexibility index (Phi) is 2.26. The summed E-state index contributed by atoms with van der Waals surface area (Å²) in [7, 11) is 0. The highest BCUT2D eigenvalue weighted by Crippen LogP contribution is 2.15. The number of aryl methyl sites for hydroxylation is 2. The first kappa shape index (κ1) is 7.79. The van der Waals surface area contributed by atoms with Gasteiger partial charge in [0.05, 0.1) is 0 Å². The molecule has 0 saturated heterocycles. The van der Waals surface area contributed by atoms with Gasteiger partial charge in [-0.15, -0.1) is 0 Å². The summed E-state index contributed by atoms with van der Waals surface area (Å²) in [6.07, 6.45) is 0.939. The van der Waals surface area contributed by atoms with E-state index in [1.54, 1.807) is 0 Å². The third-order valence-electron chi connectivity index (χ3n) is 1.39. The van der Waals surface area contributed by atoms with Gasteiger partial charge in [0.25, 0.3) is 0 Å². The minimum atomic E-state index is 0.734. The van der Waals surface area contributed by atoms with Crippen LogP contribution in [0, 0.1) is 19.3 Å². The van der Waals surface area contributed by atoms with Crippen molar-refractivity contribution in [3.8, 4) is 5.75 Å². The first-order valence-corrected chi connectivity index (χ1v) is 3.46. The summed E-state index contributed by atoms with van der Waals surface area (Å²) >= 11 is 0. The average Bonchev–Trinajstić information content (AvgIpc) is 1.85. The molecule has 1 N–H and O–H groups in total. The fraction of sp³-hybridized carbons (Fsp3) is 0.222. The Balaban J connectivity index is 2.98. The van der Waals surface area contributed by atoms with Gasteiger partial charge in [0.2, 0.25) is 0 Å². The van der Waals surface area contributed by atoms with Crippen LogP contribution in [0.5, 0.6) is 5.75 Å². The Morgan fingerprint density at radius 2 is 1.73 bits per heavy atom. The lowest BCUT2D eigenvalue weighted by molar-refractivity contribution is 0.569. The molecule has 0 atom stereocenters. The molecule has 0 aromatic heterocycles. The number of benzene rings is 1. The maximum absolute atomic E-state index is 6.73. The summed E-state index contributed by atoms with van der Waals surface area (Å²) in [6, 6.07) is 5.87. The third-order valence-corrected chi connectivity index (χ3v) is 1.39. The third kappa shape index (κ3) is 2.08. The zero-order chi connectivity index (χ0) is 8.27. The van der Waals surface area contributed by atoms with Gasteiger partial charge in [0, 0.05) is 0 Å². The number of hydrogen-bond acceptors (Lipinski definition) is 2. The molecule has 0 aliphatic heterocycles. The molecule has 58 valence electrons. The van der Waals surface area contributed by atoms with Crippen molar-refractivity contribution in [3.05, 3.63) is 29.3 Å². The Morgan fingerprint density at radius 1 is 1.18 bits per heavy atom. The lowest BCUT2D eigenvalue weighted by atomic mass is 10.1. The monoisotopic (exact) mass is 149 g/mol. The van der Waals surface area contributed by atoms with E-state index in [2.05, 4.69) is 6.07 Å². The minimum Gasteiger partial charge on any atom is -0.446 e. The first-order valence-electron chi connectivity index (χ1n) is 3.46. The fourth-order valence-electron chi connectivity index (χ4n) is 1.07. The molecule has 0 amide bonds. The molecule has 0 heterocycles. The number of ether oxygens (including phenoxy) is 1. The van der Waals surface area contributed by atoms with Crippen LogP contribution in [0.4, 0.5) is 0 Å². The first-order chi connectivity index (χ1) is 5.22. The molecular weight excluding hydrogens is 138 g/mol. The van der Waals surface area contributed by atoms with E-state index in [0.717, 1.165) is 23.3 Å². The van der Waals surface area contributed by atoms with Crippen molar-refractivity contribution in [2.75, 3.05) is 0 Å². The van der Waals surface area contributed by atoms with E-state index < -0.39 is 0 Å². The van der Waals surface area contributed by atoms with Crippen molar-refractivity contribution in [1.29, 1.82) is 5.41 Å². The molecular formula is C9H11NO. The van der Waals surface area contributed by atoms with Crippen LogP contribution in [0.3, 0.4) is 0 Å². The van der Waals surface area contributed by atoms with E-state index in [-0.39, 0.29) is 0 Å². The van der Waals surface area contributed by atoms with Gasteiger partial charge in [-0.2, -0.15) is 0 Å². The quantitative estimate of drug-likeness (QED) is 0.508. The predicted molar refractivity (Wildman–Crippen MR) is 45.3 cm³/mol. The van der Waals surface area contributed by atoms with E-state index >= 15 is 0 Å². The molecule has 0 bridgehead atoms. The van der Waals surface area contributed by atoms with Gasteiger partial charge in [0.1, 0.15) is 5.75 Å². The van der Waals surface area contributed by atoms with Crippen molar-refractivity contribution >= 4 is 6.40 Å². The molecule has 0 fully saturated rings. The summed E-state index contributed by atoms with van der Waals surface area (Å²) in [6.45, 7) is 4.01. The second kappa shape index (κ2) is 3.19. The molecule has 2 heteroatoms. The van der Waals surface area contributed by atoms with Crippen LogP contribution in [0.2, 0.25) is 0 Å². The van der Waals surface area contributed by atoms with Crippen LogP contribution < -0.4 is 4.74 Å². The number of nitrogens with one attached hydrogen (secondary N) is 1. The zero-order valence-electron chi connectivity index (χ0n) is 6.72.